The molecule has 1 N–H and O–H groups in total. The molecule has 0 saturated heterocycles. The van der Waals surface area contributed by atoms with E-state index in [4.69, 9.17) is 11.6 Å². The molecule has 2 aromatic rings. The molecule has 0 radical (unpaired) electrons. The second kappa shape index (κ2) is 6.57. The van der Waals surface area contributed by atoms with Crippen molar-refractivity contribution in [2.75, 3.05) is 11.9 Å². The van der Waals surface area contributed by atoms with Gasteiger partial charge in [-0.1, -0.05) is 25.4 Å². The number of alkyl halides is 3. The van der Waals surface area contributed by atoms with Crippen molar-refractivity contribution < 1.29 is 13.2 Å². The Hall–Kier alpha value is -2.09. The van der Waals surface area contributed by atoms with Crippen molar-refractivity contribution in [1.29, 1.82) is 0 Å². The molecule has 0 amide bonds. The Balaban J connectivity index is 2.34. The molecule has 0 unspecified atom stereocenters. The molecule has 0 aliphatic carbocycles. The van der Waals surface area contributed by atoms with E-state index in [1.165, 1.54) is 6.20 Å². The summed E-state index contributed by atoms with van der Waals surface area (Å²) in [5.74, 6) is 0.297. The zero-order valence-corrected chi connectivity index (χ0v) is 13.1. The van der Waals surface area contributed by atoms with Crippen molar-refractivity contribution in [2.45, 2.75) is 20.0 Å². The van der Waals surface area contributed by atoms with Crippen LogP contribution in [0, 0.1) is 5.92 Å². The lowest BCUT2D eigenvalue weighted by Crippen LogP contribution is -2.24. The Labute approximate surface area is 135 Å². The molecule has 0 aliphatic heterocycles. The smallest absolute Gasteiger partial charge is 0.382 e. The van der Waals surface area contributed by atoms with E-state index in [0.717, 1.165) is 16.8 Å². The van der Waals surface area contributed by atoms with Crippen LogP contribution in [0.25, 0.3) is 5.82 Å². The van der Waals surface area contributed by atoms with Crippen LogP contribution in [-0.2, 0) is 6.18 Å². The zero-order chi connectivity index (χ0) is 17.2. The maximum absolute atomic E-state index is 12.5. The third-order valence-electron chi connectivity index (χ3n) is 2.91. The van der Waals surface area contributed by atoms with E-state index in [9.17, 15) is 18.0 Å². The van der Waals surface area contributed by atoms with E-state index in [1.54, 1.807) is 0 Å². The lowest BCUT2D eigenvalue weighted by Gasteiger charge is -2.12. The van der Waals surface area contributed by atoms with Crippen LogP contribution in [0.2, 0.25) is 5.02 Å². The van der Waals surface area contributed by atoms with Crippen LogP contribution in [0.15, 0.2) is 29.3 Å². The van der Waals surface area contributed by atoms with Crippen LogP contribution in [0.4, 0.5) is 18.9 Å². The van der Waals surface area contributed by atoms with Crippen LogP contribution in [0.3, 0.4) is 0 Å². The summed E-state index contributed by atoms with van der Waals surface area (Å²) in [5.41, 5.74) is -1.20. The van der Waals surface area contributed by atoms with E-state index in [2.05, 4.69) is 15.4 Å². The summed E-state index contributed by atoms with van der Waals surface area (Å²) >= 11 is 5.99. The topological polar surface area (TPSA) is 59.8 Å². The minimum absolute atomic E-state index is 0.0414. The zero-order valence-electron chi connectivity index (χ0n) is 12.4. The molecule has 2 heterocycles. The average Bonchev–Trinajstić information content (AvgIpc) is 2.48. The molecule has 9 heteroatoms. The van der Waals surface area contributed by atoms with Crippen molar-refractivity contribution in [3.05, 3.63) is 45.5 Å². The molecule has 0 spiro atoms. The Morgan fingerprint density at radius 3 is 2.52 bits per heavy atom. The molecule has 5 nitrogen and oxygen atoms in total. The molecular formula is C14H14ClF3N4O. The predicted octanol–water partition coefficient (Wildman–Crippen LogP) is 3.37. The Kier molecular flexibility index (Phi) is 4.93. The SMILES string of the molecule is CC(C)CNc1cnn(-c2ccc(C(F)(F)F)cn2)c(=O)c1Cl. The first-order chi connectivity index (χ1) is 10.7. The molecule has 0 atom stereocenters. The maximum atomic E-state index is 12.5. The van der Waals surface area contributed by atoms with Gasteiger partial charge in [-0.25, -0.2) is 4.98 Å². The van der Waals surface area contributed by atoms with Crippen molar-refractivity contribution in [1.82, 2.24) is 14.8 Å². The van der Waals surface area contributed by atoms with Gasteiger partial charge in [-0.05, 0) is 18.1 Å². The number of aromatic nitrogens is 3. The summed E-state index contributed by atoms with van der Waals surface area (Å²) in [6.45, 7) is 4.58. The number of anilines is 1. The second-order valence-electron chi connectivity index (χ2n) is 5.27. The van der Waals surface area contributed by atoms with Crippen LogP contribution in [0.1, 0.15) is 19.4 Å². The average molecular weight is 347 g/mol. The van der Waals surface area contributed by atoms with Crippen LogP contribution in [0.5, 0.6) is 0 Å². The first-order valence-electron chi connectivity index (χ1n) is 6.75. The van der Waals surface area contributed by atoms with Gasteiger partial charge in [0, 0.05) is 12.7 Å². The summed E-state index contributed by atoms with van der Waals surface area (Å²) in [6, 6.07) is 1.89. The molecule has 124 valence electrons. The fourth-order valence-electron chi connectivity index (χ4n) is 1.71. The Morgan fingerprint density at radius 2 is 2.00 bits per heavy atom. The first-order valence-corrected chi connectivity index (χ1v) is 7.13. The quantitative estimate of drug-likeness (QED) is 0.922. The number of nitrogens with one attached hydrogen (secondary N) is 1. The van der Waals surface area contributed by atoms with Gasteiger partial charge >= 0.3 is 6.18 Å². The molecule has 2 rings (SSSR count). The number of halogens is 4. The van der Waals surface area contributed by atoms with Gasteiger partial charge in [0.2, 0.25) is 0 Å². The van der Waals surface area contributed by atoms with Gasteiger partial charge in [-0.2, -0.15) is 23.0 Å². The van der Waals surface area contributed by atoms with Gasteiger partial charge in [-0.3, -0.25) is 4.79 Å². The highest BCUT2D eigenvalue weighted by atomic mass is 35.5. The summed E-state index contributed by atoms with van der Waals surface area (Å²) in [6.07, 6.45) is -2.51. The van der Waals surface area contributed by atoms with Crippen molar-refractivity contribution in [3.8, 4) is 5.82 Å². The van der Waals surface area contributed by atoms with Crippen LogP contribution in [-0.4, -0.2) is 21.3 Å². The largest absolute Gasteiger partial charge is 0.417 e. The van der Waals surface area contributed by atoms with Gasteiger partial charge in [0.1, 0.15) is 5.02 Å². The predicted molar refractivity (Wildman–Crippen MR) is 81.0 cm³/mol. The fraction of sp³-hybridized carbons (Fsp3) is 0.357. The molecule has 0 fully saturated rings. The minimum Gasteiger partial charge on any atom is -0.382 e. The lowest BCUT2D eigenvalue weighted by molar-refractivity contribution is -0.137. The van der Waals surface area contributed by atoms with Crippen LogP contribution < -0.4 is 10.9 Å². The number of nitrogens with zero attached hydrogens (tertiary/aromatic N) is 3. The number of rotatable bonds is 4. The van der Waals surface area contributed by atoms with E-state index in [-0.39, 0.29) is 10.8 Å². The summed E-state index contributed by atoms with van der Waals surface area (Å²) in [5, 5.41) is 6.78. The second-order valence-corrected chi connectivity index (χ2v) is 5.64. The van der Waals surface area contributed by atoms with Crippen molar-refractivity contribution >= 4 is 17.3 Å². The molecule has 23 heavy (non-hydrogen) atoms. The lowest BCUT2D eigenvalue weighted by atomic mass is 10.2. The van der Waals surface area contributed by atoms with E-state index in [0.29, 0.717) is 24.3 Å². The normalized spacial score (nSPS) is 11.8. The molecule has 0 bridgehead atoms. The third kappa shape index (κ3) is 4.01. The van der Waals surface area contributed by atoms with Crippen LogP contribution >= 0.6 is 11.6 Å². The monoisotopic (exact) mass is 346 g/mol. The van der Waals surface area contributed by atoms with E-state index < -0.39 is 17.3 Å². The molecule has 0 aliphatic rings. The minimum atomic E-state index is -4.49. The summed E-state index contributed by atoms with van der Waals surface area (Å²) in [7, 11) is 0. The Morgan fingerprint density at radius 1 is 1.30 bits per heavy atom. The van der Waals surface area contributed by atoms with Gasteiger partial charge < -0.3 is 5.32 Å². The third-order valence-corrected chi connectivity index (χ3v) is 3.28. The van der Waals surface area contributed by atoms with Gasteiger partial charge in [0.15, 0.2) is 5.82 Å². The van der Waals surface area contributed by atoms with Gasteiger partial charge in [-0.15, -0.1) is 0 Å². The van der Waals surface area contributed by atoms with E-state index >= 15 is 0 Å². The molecule has 2 aromatic heterocycles. The fourth-order valence-corrected chi connectivity index (χ4v) is 1.91. The maximum Gasteiger partial charge on any atom is 0.417 e. The summed E-state index contributed by atoms with van der Waals surface area (Å²) in [4.78, 5) is 15.8. The van der Waals surface area contributed by atoms with Crippen molar-refractivity contribution in [2.24, 2.45) is 5.92 Å². The summed E-state index contributed by atoms with van der Waals surface area (Å²) < 4.78 is 38.4. The highest BCUT2D eigenvalue weighted by Crippen LogP contribution is 2.28. The number of hydrogen-bond acceptors (Lipinski definition) is 4. The van der Waals surface area contributed by atoms with Gasteiger partial charge in [0.25, 0.3) is 5.56 Å². The molecular weight excluding hydrogens is 333 g/mol. The van der Waals surface area contributed by atoms with Crippen molar-refractivity contribution in [3.63, 3.8) is 0 Å². The van der Waals surface area contributed by atoms with Gasteiger partial charge in [0.05, 0.1) is 17.4 Å². The first kappa shape index (κ1) is 17.3. The Bertz CT molecular complexity index is 741. The number of pyridine rings is 1. The highest BCUT2D eigenvalue weighted by molar-refractivity contribution is 6.32. The highest BCUT2D eigenvalue weighted by Gasteiger charge is 2.30. The standard InChI is InChI=1S/C14H14ClF3N4O/c1-8(2)5-19-10-7-21-22(13(23)12(10)15)11-4-3-9(6-20-11)14(16,17)18/h3-4,6-8,19H,5H2,1-2H3. The number of hydrogen-bond donors (Lipinski definition) is 1. The molecule has 0 saturated carbocycles. The van der Waals surface area contributed by atoms with E-state index in [1.807, 2.05) is 13.8 Å². The molecule has 0 aromatic carbocycles.